The van der Waals surface area contributed by atoms with Gasteiger partial charge < -0.3 is 16.2 Å². The van der Waals surface area contributed by atoms with Crippen LogP contribution in [0.3, 0.4) is 0 Å². The summed E-state index contributed by atoms with van der Waals surface area (Å²) >= 11 is 0. The molecule has 2 atom stereocenters. The molecule has 1 rings (SSSR count). The first-order chi connectivity index (χ1) is 9.60. The molecule has 1 fully saturated rings. The Balaban J connectivity index is 2.40. The molecule has 1 saturated heterocycles. The highest BCUT2D eigenvalue weighted by Crippen LogP contribution is 2.18. The third-order valence-electron chi connectivity index (χ3n) is 3.47. The molecular formula is C14H25N3O3. The fourth-order valence-electron chi connectivity index (χ4n) is 2.35. The van der Waals surface area contributed by atoms with Crippen LogP contribution in [0.4, 0.5) is 0 Å². The maximum Gasteiger partial charge on any atom is 0.331 e. The van der Waals surface area contributed by atoms with Crippen LogP contribution in [0.2, 0.25) is 0 Å². The minimum atomic E-state index is -0.750. The number of rotatable bonds is 8. The average molecular weight is 283 g/mol. The number of carbonyl (C=O) groups is 2. The predicted molar refractivity (Wildman–Crippen MR) is 76.8 cm³/mol. The second-order valence-electron chi connectivity index (χ2n) is 5.07. The third-order valence-corrected chi connectivity index (χ3v) is 3.47. The number of nitrogens with zero attached hydrogens (tertiary/aromatic N) is 1. The largest absolute Gasteiger partial charge is 0.391 e. The first kappa shape index (κ1) is 16.8. The lowest BCUT2D eigenvalue weighted by atomic mass is 10.1. The molecule has 6 heteroatoms. The van der Waals surface area contributed by atoms with E-state index in [4.69, 9.17) is 16.2 Å². The van der Waals surface area contributed by atoms with Crippen molar-refractivity contribution in [2.24, 2.45) is 11.5 Å². The van der Waals surface area contributed by atoms with E-state index in [1.807, 2.05) is 4.90 Å². The number of likely N-dealkylation sites (tertiary alicyclic amines) is 1. The van der Waals surface area contributed by atoms with E-state index in [-0.39, 0.29) is 6.04 Å². The average Bonchev–Trinajstić information content (AvgIpc) is 2.87. The van der Waals surface area contributed by atoms with Crippen LogP contribution in [-0.2, 0) is 14.3 Å². The molecule has 1 heterocycles. The lowest BCUT2D eigenvalue weighted by Gasteiger charge is -2.21. The second-order valence-corrected chi connectivity index (χ2v) is 5.07. The summed E-state index contributed by atoms with van der Waals surface area (Å²) in [5.41, 5.74) is 11.1. The van der Waals surface area contributed by atoms with Crippen LogP contribution in [0.5, 0.6) is 0 Å². The number of unbranched alkanes of at least 4 members (excludes halogenated alkanes) is 1. The molecule has 1 aliphatic rings. The molecule has 0 aromatic heterocycles. The van der Waals surface area contributed by atoms with Crippen LogP contribution >= 0.6 is 0 Å². The molecule has 0 amide bonds. The zero-order chi connectivity index (χ0) is 15.0. The Labute approximate surface area is 120 Å². The van der Waals surface area contributed by atoms with E-state index < -0.39 is 18.0 Å². The van der Waals surface area contributed by atoms with Gasteiger partial charge in [-0.1, -0.05) is 12.5 Å². The van der Waals surface area contributed by atoms with E-state index in [0.717, 1.165) is 25.8 Å². The molecule has 0 radical (unpaired) electrons. The Morgan fingerprint density at radius 2 is 2.20 bits per heavy atom. The lowest BCUT2D eigenvalue weighted by Crippen LogP contribution is -2.41. The summed E-state index contributed by atoms with van der Waals surface area (Å²) in [6.45, 7) is 5.67. The Kier molecular flexibility index (Phi) is 7.43. The van der Waals surface area contributed by atoms with E-state index in [1.165, 1.54) is 0 Å². The second kappa shape index (κ2) is 8.84. The van der Waals surface area contributed by atoms with Crippen LogP contribution in [0, 0.1) is 0 Å². The van der Waals surface area contributed by atoms with Crippen LogP contribution in [-0.4, -0.2) is 48.6 Å². The molecule has 0 saturated carbocycles. The summed E-state index contributed by atoms with van der Waals surface area (Å²) in [6, 6.07) is -1.10. The summed E-state index contributed by atoms with van der Waals surface area (Å²) in [5.74, 6) is -1.14. The Hall–Kier alpha value is -1.24. The van der Waals surface area contributed by atoms with Crippen LogP contribution in [0.25, 0.3) is 0 Å². The van der Waals surface area contributed by atoms with Crippen molar-refractivity contribution in [2.75, 3.05) is 19.6 Å². The van der Waals surface area contributed by atoms with Gasteiger partial charge in [0, 0.05) is 6.54 Å². The molecule has 0 unspecified atom stereocenters. The number of carbonyl (C=O) groups excluding carboxylic acids is 2. The van der Waals surface area contributed by atoms with Crippen molar-refractivity contribution in [3.05, 3.63) is 12.7 Å². The predicted octanol–water partition coefficient (Wildman–Crippen LogP) is 0.163. The van der Waals surface area contributed by atoms with Crippen molar-refractivity contribution in [1.29, 1.82) is 0 Å². The smallest absolute Gasteiger partial charge is 0.331 e. The van der Waals surface area contributed by atoms with E-state index in [0.29, 0.717) is 25.9 Å². The van der Waals surface area contributed by atoms with Crippen molar-refractivity contribution >= 4 is 11.9 Å². The van der Waals surface area contributed by atoms with Gasteiger partial charge in [0.05, 0.1) is 0 Å². The van der Waals surface area contributed by atoms with Gasteiger partial charge in [-0.2, -0.15) is 0 Å². The molecule has 0 bridgehead atoms. The zero-order valence-electron chi connectivity index (χ0n) is 11.9. The van der Waals surface area contributed by atoms with E-state index in [1.54, 1.807) is 6.08 Å². The number of esters is 2. The Morgan fingerprint density at radius 1 is 1.45 bits per heavy atom. The van der Waals surface area contributed by atoms with Gasteiger partial charge in [-0.05, 0) is 38.8 Å². The summed E-state index contributed by atoms with van der Waals surface area (Å²) in [7, 11) is 0. The van der Waals surface area contributed by atoms with Crippen molar-refractivity contribution in [3.63, 3.8) is 0 Å². The van der Waals surface area contributed by atoms with Crippen LogP contribution in [0.1, 0.15) is 32.1 Å². The van der Waals surface area contributed by atoms with Crippen molar-refractivity contribution in [3.8, 4) is 0 Å². The molecule has 0 aromatic carbocycles. The molecular weight excluding hydrogens is 258 g/mol. The maximum atomic E-state index is 12.0. The highest BCUT2D eigenvalue weighted by atomic mass is 16.6. The molecule has 0 aromatic rings. The topological polar surface area (TPSA) is 98.6 Å². The van der Waals surface area contributed by atoms with Crippen molar-refractivity contribution in [1.82, 2.24) is 4.90 Å². The van der Waals surface area contributed by atoms with Crippen LogP contribution < -0.4 is 11.5 Å². The third kappa shape index (κ3) is 5.03. The van der Waals surface area contributed by atoms with Gasteiger partial charge in [-0.25, -0.2) is 9.59 Å². The molecule has 4 N–H and O–H groups in total. The molecule has 1 aliphatic heterocycles. The maximum absolute atomic E-state index is 12.0. The summed E-state index contributed by atoms with van der Waals surface area (Å²) < 4.78 is 4.89. The standard InChI is InChI=1S/C14H25N3O3/c1-2-9-17-10-5-7-12(17)14(19)20-13(18)11(16)6-3-4-8-15/h2,11-12H,1,3-10,15-16H2/t11-,12-/m0/s1. The Morgan fingerprint density at radius 3 is 2.85 bits per heavy atom. The fraction of sp³-hybridized carbons (Fsp3) is 0.714. The normalized spacial score (nSPS) is 20.6. The van der Waals surface area contributed by atoms with Gasteiger partial charge in [0.15, 0.2) is 0 Å². The first-order valence-electron chi connectivity index (χ1n) is 7.16. The molecule has 114 valence electrons. The quantitative estimate of drug-likeness (QED) is 0.285. The van der Waals surface area contributed by atoms with E-state index in [2.05, 4.69) is 6.58 Å². The van der Waals surface area contributed by atoms with Crippen LogP contribution in [0.15, 0.2) is 12.7 Å². The number of hydrogen-bond donors (Lipinski definition) is 2. The van der Waals surface area contributed by atoms with Gasteiger partial charge in [0.25, 0.3) is 0 Å². The monoisotopic (exact) mass is 283 g/mol. The lowest BCUT2D eigenvalue weighted by molar-refractivity contribution is -0.163. The number of hydrogen-bond acceptors (Lipinski definition) is 6. The van der Waals surface area contributed by atoms with Gasteiger partial charge >= 0.3 is 11.9 Å². The summed E-state index contributed by atoms with van der Waals surface area (Å²) in [6.07, 6.45) is 5.43. The first-order valence-corrected chi connectivity index (χ1v) is 7.16. The van der Waals surface area contributed by atoms with Gasteiger partial charge in [-0.3, -0.25) is 4.90 Å². The highest BCUT2D eigenvalue weighted by molar-refractivity contribution is 5.90. The fourth-order valence-corrected chi connectivity index (χ4v) is 2.35. The van der Waals surface area contributed by atoms with Crippen molar-refractivity contribution in [2.45, 2.75) is 44.2 Å². The van der Waals surface area contributed by atoms with Gasteiger partial charge in [0.1, 0.15) is 12.1 Å². The van der Waals surface area contributed by atoms with Gasteiger partial charge in [0.2, 0.25) is 0 Å². The van der Waals surface area contributed by atoms with E-state index in [9.17, 15) is 9.59 Å². The van der Waals surface area contributed by atoms with E-state index >= 15 is 0 Å². The summed E-state index contributed by atoms with van der Waals surface area (Å²) in [4.78, 5) is 25.7. The zero-order valence-corrected chi connectivity index (χ0v) is 11.9. The molecule has 6 nitrogen and oxygen atoms in total. The molecule has 0 aliphatic carbocycles. The Bertz CT molecular complexity index is 347. The minimum Gasteiger partial charge on any atom is -0.391 e. The highest BCUT2D eigenvalue weighted by Gasteiger charge is 2.33. The van der Waals surface area contributed by atoms with Gasteiger partial charge in [-0.15, -0.1) is 6.58 Å². The molecule has 20 heavy (non-hydrogen) atoms. The number of nitrogens with two attached hydrogens (primary N) is 2. The molecule has 0 spiro atoms. The van der Waals surface area contributed by atoms with Crippen molar-refractivity contribution < 1.29 is 14.3 Å². The minimum absolute atomic E-state index is 0.354. The SMILES string of the molecule is C=CCN1CCC[C@H]1C(=O)OC(=O)[C@@H](N)CCCCN. The summed E-state index contributed by atoms with van der Waals surface area (Å²) in [5, 5.41) is 0. The number of ether oxygens (including phenoxy) is 1.